The molecule has 1 atom stereocenters. The lowest BCUT2D eigenvalue weighted by molar-refractivity contribution is -0.946. The molecule has 2 aromatic rings. The fourth-order valence-electron chi connectivity index (χ4n) is 5.81. The van der Waals surface area contributed by atoms with E-state index in [9.17, 15) is 9.90 Å². The third-order valence-electron chi connectivity index (χ3n) is 7.50. The van der Waals surface area contributed by atoms with Gasteiger partial charge in [-0.3, -0.25) is 4.79 Å². The Hall–Kier alpha value is -1.69. The minimum atomic E-state index is -0.763. The van der Waals surface area contributed by atoms with Crippen LogP contribution >= 0.6 is 0 Å². The predicted molar refractivity (Wildman–Crippen MR) is 108 cm³/mol. The van der Waals surface area contributed by atoms with Crippen molar-refractivity contribution in [1.82, 2.24) is 0 Å². The van der Waals surface area contributed by atoms with E-state index in [0.29, 0.717) is 5.92 Å². The number of rotatable bonds is 4. The molecule has 0 spiro atoms. The topological polar surface area (TPSA) is 46.5 Å². The number of hydrogen-bond acceptors (Lipinski definition) is 3. The van der Waals surface area contributed by atoms with Gasteiger partial charge in [-0.15, -0.1) is 0 Å². The van der Waals surface area contributed by atoms with Gasteiger partial charge >= 0.3 is 5.97 Å². The Kier molecular flexibility index (Phi) is 5.34. The zero-order valence-corrected chi connectivity index (χ0v) is 18.4. The summed E-state index contributed by atoms with van der Waals surface area (Å²) in [5.74, 6) is 0.323. The lowest BCUT2D eigenvalue weighted by Gasteiger charge is -2.52. The monoisotopic (exact) mass is 457 g/mol. The number of carbonyl (C=O) groups is 1. The summed E-state index contributed by atoms with van der Waals surface area (Å²) >= 11 is 0. The van der Waals surface area contributed by atoms with E-state index in [-0.39, 0.29) is 35.7 Å². The van der Waals surface area contributed by atoms with Crippen LogP contribution < -0.4 is 17.0 Å². The molecular formula is C24H28BrNO3. The van der Waals surface area contributed by atoms with Crippen molar-refractivity contribution in [3.63, 3.8) is 0 Å². The highest BCUT2D eigenvalue weighted by Crippen LogP contribution is 2.49. The van der Waals surface area contributed by atoms with Crippen molar-refractivity contribution >= 4 is 5.97 Å². The number of hydrogen-bond donors (Lipinski definition) is 1. The molecule has 154 valence electrons. The molecule has 0 aromatic heterocycles. The maximum absolute atomic E-state index is 13.6. The molecule has 4 nitrogen and oxygen atoms in total. The van der Waals surface area contributed by atoms with Crippen molar-refractivity contribution in [2.45, 2.75) is 31.3 Å². The van der Waals surface area contributed by atoms with Crippen LogP contribution in [0.5, 0.6) is 0 Å². The van der Waals surface area contributed by atoms with Gasteiger partial charge in [-0.2, -0.15) is 0 Å². The average molecular weight is 458 g/mol. The van der Waals surface area contributed by atoms with Gasteiger partial charge in [-0.1, -0.05) is 48.5 Å². The van der Waals surface area contributed by atoms with Gasteiger partial charge in [0, 0.05) is 18.8 Å². The summed E-state index contributed by atoms with van der Waals surface area (Å²) in [6.45, 7) is 6.02. The maximum atomic E-state index is 13.6. The molecule has 0 saturated carbocycles. The van der Waals surface area contributed by atoms with Gasteiger partial charge in [-0.25, -0.2) is 0 Å². The Morgan fingerprint density at radius 3 is 2.17 bits per heavy atom. The summed E-state index contributed by atoms with van der Waals surface area (Å²) in [4.78, 5) is 13.6. The molecule has 0 radical (unpaired) electrons. The lowest BCUT2D eigenvalue weighted by Crippen LogP contribution is -3.00. The molecule has 4 aliphatic rings. The summed E-state index contributed by atoms with van der Waals surface area (Å²) in [5.41, 5.74) is 3.59. The molecule has 29 heavy (non-hydrogen) atoms. The minimum absolute atomic E-state index is 0. The second-order valence-electron chi connectivity index (χ2n) is 8.92. The lowest BCUT2D eigenvalue weighted by atomic mass is 9.79. The van der Waals surface area contributed by atoms with Crippen LogP contribution in [-0.4, -0.2) is 54.4 Å². The van der Waals surface area contributed by atoms with Gasteiger partial charge in [0.25, 0.3) is 0 Å². The molecule has 0 amide bonds. The van der Waals surface area contributed by atoms with Crippen LogP contribution in [0.2, 0.25) is 0 Å². The van der Waals surface area contributed by atoms with Crippen LogP contribution in [0.15, 0.2) is 48.5 Å². The van der Waals surface area contributed by atoms with Crippen LogP contribution in [0.4, 0.5) is 0 Å². The minimum Gasteiger partial charge on any atom is -1.00 e. The number of nitrogens with zero attached hydrogens (tertiary/aromatic N) is 1. The fourth-order valence-corrected chi connectivity index (χ4v) is 5.81. The summed E-state index contributed by atoms with van der Waals surface area (Å²) in [5, 5.41) is 9.51. The Morgan fingerprint density at radius 1 is 1.07 bits per heavy atom. The fraction of sp³-hybridized carbons (Fsp3) is 0.458. The molecule has 2 aromatic carbocycles. The smallest absolute Gasteiger partial charge is 0.321 e. The van der Waals surface area contributed by atoms with Crippen LogP contribution in [0.25, 0.3) is 11.1 Å². The summed E-state index contributed by atoms with van der Waals surface area (Å²) in [7, 11) is 0. The molecule has 3 heterocycles. The van der Waals surface area contributed by atoms with Crippen molar-refractivity contribution in [3.05, 3.63) is 59.7 Å². The largest absolute Gasteiger partial charge is 1.00 e. The molecule has 0 unspecified atom stereocenters. The van der Waals surface area contributed by atoms with Gasteiger partial charge < -0.3 is 31.3 Å². The second-order valence-corrected chi connectivity index (χ2v) is 8.92. The van der Waals surface area contributed by atoms with Crippen LogP contribution in [0.1, 0.15) is 30.9 Å². The third kappa shape index (κ3) is 3.06. The molecule has 5 heteroatoms. The van der Waals surface area contributed by atoms with Crippen LogP contribution in [0.3, 0.4) is 0 Å². The molecule has 3 saturated heterocycles. The zero-order chi connectivity index (χ0) is 19.4. The number of aliphatic hydroxyl groups is 1. The molecule has 3 aliphatic heterocycles. The number of piperidine rings is 3. The molecule has 1 aliphatic carbocycles. The van der Waals surface area contributed by atoms with Crippen molar-refractivity contribution in [1.29, 1.82) is 0 Å². The number of esters is 1. The van der Waals surface area contributed by atoms with Crippen LogP contribution in [-0.2, 0) is 14.9 Å². The normalized spacial score (nSPS) is 28.2. The number of fused-ring (bicyclic) bond motifs is 6. The second kappa shape index (κ2) is 7.53. The number of aliphatic hydroxyl groups excluding tert-OH is 1. The first-order valence-corrected chi connectivity index (χ1v) is 10.4. The molecular weight excluding hydrogens is 430 g/mol. The van der Waals surface area contributed by atoms with Crippen molar-refractivity contribution in [3.8, 4) is 11.1 Å². The predicted octanol–water partition coefficient (Wildman–Crippen LogP) is 0.122. The van der Waals surface area contributed by atoms with Gasteiger partial charge in [0.1, 0.15) is 18.5 Å². The van der Waals surface area contributed by atoms with E-state index >= 15 is 0 Å². The number of quaternary nitrogens is 1. The Bertz CT molecular complexity index is 869. The first-order chi connectivity index (χ1) is 13.6. The van der Waals surface area contributed by atoms with E-state index < -0.39 is 5.41 Å². The molecule has 3 fully saturated rings. The quantitative estimate of drug-likeness (QED) is 0.523. The Morgan fingerprint density at radius 2 is 1.62 bits per heavy atom. The van der Waals surface area contributed by atoms with Gasteiger partial charge in [-0.05, 0) is 29.2 Å². The van der Waals surface area contributed by atoms with E-state index in [1.807, 2.05) is 31.2 Å². The number of carbonyl (C=O) groups excluding carboxylic acids is 1. The molecule has 2 bridgehead atoms. The number of benzene rings is 2. The number of ether oxygens (including phenoxy) is 1. The van der Waals surface area contributed by atoms with Crippen molar-refractivity contribution in [2.24, 2.45) is 5.92 Å². The summed E-state index contributed by atoms with van der Waals surface area (Å²) in [6, 6.07) is 16.4. The van der Waals surface area contributed by atoms with E-state index in [1.54, 1.807) is 0 Å². The Balaban J connectivity index is 0.00000205. The first-order valence-electron chi connectivity index (χ1n) is 10.4. The van der Waals surface area contributed by atoms with Gasteiger partial charge in [0.15, 0.2) is 6.10 Å². The SMILES string of the molecule is CC1(C(=O)O[C@H]2C[N+]3(CCO)CCC2CC3)c2ccccc2-c2ccccc21.[Br-]. The summed E-state index contributed by atoms with van der Waals surface area (Å²) in [6.07, 6.45) is 2.13. The molecule has 1 N–H and O–H groups in total. The van der Waals surface area contributed by atoms with Crippen molar-refractivity contribution in [2.75, 3.05) is 32.8 Å². The van der Waals surface area contributed by atoms with Gasteiger partial charge in [0.05, 0.1) is 19.7 Å². The van der Waals surface area contributed by atoms with Crippen LogP contribution in [0, 0.1) is 5.92 Å². The van der Waals surface area contributed by atoms with E-state index in [1.165, 1.54) is 0 Å². The molecule has 6 rings (SSSR count). The highest BCUT2D eigenvalue weighted by atomic mass is 79.9. The highest BCUT2D eigenvalue weighted by molar-refractivity contribution is 5.97. The van der Waals surface area contributed by atoms with E-state index in [0.717, 1.165) is 65.8 Å². The highest BCUT2D eigenvalue weighted by Gasteiger charge is 2.51. The maximum Gasteiger partial charge on any atom is 0.321 e. The average Bonchev–Trinajstić information content (AvgIpc) is 2.99. The first kappa shape index (κ1) is 20.6. The summed E-state index contributed by atoms with van der Waals surface area (Å²) < 4.78 is 7.16. The number of halogens is 1. The van der Waals surface area contributed by atoms with E-state index in [4.69, 9.17) is 4.74 Å². The van der Waals surface area contributed by atoms with E-state index in [2.05, 4.69) is 24.3 Å². The van der Waals surface area contributed by atoms with Gasteiger partial charge in [0.2, 0.25) is 0 Å². The van der Waals surface area contributed by atoms with Crippen molar-refractivity contribution < 1.29 is 36.1 Å². The Labute approximate surface area is 182 Å². The zero-order valence-electron chi connectivity index (χ0n) is 16.8. The standard InChI is InChI=1S/C24H28NO3.BrH/c1-24(20-8-4-2-6-18(20)19-7-3-5-9-21(19)24)23(27)28-22-16-25(14-15-26)12-10-17(22)11-13-25;/h2-9,17,22,26H,10-16H2,1H3;1H/q+1;/p-1/t17?,22-,25?;/m0./s1. The third-order valence-corrected chi connectivity index (χ3v) is 7.50.